The molecule has 0 aliphatic heterocycles. The minimum Gasteiger partial charge on any atom is -0.482 e. The Morgan fingerprint density at radius 3 is 2.31 bits per heavy atom. The zero-order chi connectivity index (χ0) is 26.1. The van der Waals surface area contributed by atoms with Gasteiger partial charge in [-0.1, -0.05) is 76.2 Å². The molecular weight excluding hydrogens is 575 g/mol. The van der Waals surface area contributed by atoms with E-state index in [2.05, 4.69) is 10.4 Å². The summed E-state index contributed by atoms with van der Waals surface area (Å²) in [5.74, 6) is -0.427. The van der Waals surface area contributed by atoms with Gasteiger partial charge in [0.05, 0.1) is 38.7 Å². The predicted octanol–water partition coefficient (Wildman–Crippen LogP) is 8.38. The summed E-state index contributed by atoms with van der Waals surface area (Å²) in [4.78, 5) is 12.8. The van der Waals surface area contributed by atoms with Crippen molar-refractivity contribution in [3.8, 4) is 5.75 Å². The first-order valence-electron chi connectivity index (χ1n) is 10.4. The molecule has 0 fully saturated rings. The molecular formula is C24H17Cl5FN3O3. The molecule has 12 heteroatoms. The monoisotopic (exact) mass is 589 g/mol. The number of ether oxygens (including phenoxy) is 1. The van der Waals surface area contributed by atoms with Gasteiger partial charge < -0.3 is 14.5 Å². The Morgan fingerprint density at radius 1 is 1.00 bits per heavy atom. The van der Waals surface area contributed by atoms with Gasteiger partial charge in [0.1, 0.15) is 28.2 Å². The molecule has 2 heterocycles. The maximum atomic E-state index is 14.1. The summed E-state index contributed by atoms with van der Waals surface area (Å²) in [6, 6.07) is 9.51. The van der Waals surface area contributed by atoms with Crippen molar-refractivity contribution in [1.29, 1.82) is 0 Å². The number of aromatic nitrogens is 2. The Morgan fingerprint density at radius 2 is 1.64 bits per heavy atom. The minimum atomic E-state index is -0.494. The Hall–Kier alpha value is -2.42. The van der Waals surface area contributed by atoms with Gasteiger partial charge >= 0.3 is 0 Å². The van der Waals surface area contributed by atoms with Crippen molar-refractivity contribution in [2.75, 3.05) is 5.32 Å². The Bertz CT molecular complexity index is 1440. The summed E-state index contributed by atoms with van der Waals surface area (Å²) in [5, 5.41) is 7.25. The number of anilines is 1. The van der Waals surface area contributed by atoms with Crippen LogP contribution < -0.4 is 10.1 Å². The Kier molecular flexibility index (Phi) is 8.07. The standard InChI is InChI=1S/C24H17Cl5FN3O3/c1-11-22(12(2)33(32-11)9-13-5-3-4-6-15(13)30)31-24(34)16-8-7-14(36-16)10-35-23-20(28)18(26)17(25)19(27)21(23)29/h3-8H,9-10H2,1-2H3,(H,31,34). The molecule has 2 aromatic carbocycles. The third kappa shape index (κ3) is 5.31. The van der Waals surface area contributed by atoms with Gasteiger partial charge in [0.15, 0.2) is 11.5 Å². The highest BCUT2D eigenvalue weighted by atomic mass is 35.5. The largest absolute Gasteiger partial charge is 0.482 e. The predicted molar refractivity (Wildman–Crippen MR) is 140 cm³/mol. The maximum absolute atomic E-state index is 14.1. The van der Waals surface area contributed by atoms with Crippen LogP contribution in [0.3, 0.4) is 0 Å². The Balaban J connectivity index is 1.46. The van der Waals surface area contributed by atoms with Crippen LogP contribution in [0.5, 0.6) is 5.75 Å². The van der Waals surface area contributed by atoms with Crippen molar-refractivity contribution >= 4 is 69.6 Å². The molecule has 188 valence electrons. The second-order valence-electron chi connectivity index (χ2n) is 7.70. The number of carbonyl (C=O) groups excluding carboxylic acids is 1. The number of hydrogen-bond donors (Lipinski definition) is 1. The second kappa shape index (κ2) is 10.9. The number of nitrogens with zero attached hydrogens (tertiary/aromatic N) is 2. The molecule has 0 saturated carbocycles. The average molecular weight is 592 g/mol. The van der Waals surface area contributed by atoms with E-state index in [1.54, 1.807) is 42.8 Å². The molecule has 2 aromatic heterocycles. The smallest absolute Gasteiger partial charge is 0.291 e. The van der Waals surface area contributed by atoms with Gasteiger partial charge in [0.25, 0.3) is 5.91 Å². The lowest BCUT2D eigenvalue weighted by Crippen LogP contribution is -2.12. The average Bonchev–Trinajstić information content (AvgIpc) is 3.43. The van der Waals surface area contributed by atoms with Crippen LogP contribution >= 0.6 is 58.0 Å². The van der Waals surface area contributed by atoms with Crippen LogP contribution in [0.1, 0.15) is 33.3 Å². The third-order valence-electron chi connectivity index (χ3n) is 5.31. The number of hydrogen-bond acceptors (Lipinski definition) is 4. The van der Waals surface area contributed by atoms with E-state index in [0.29, 0.717) is 28.4 Å². The van der Waals surface area contributed by atoms with E-state index in [0.717, 1.165) is 0 Å². The second-order valence-corrected chi connectivity index (χ2v) is 9.59. The van der Waals surface area contributed by atoms with E-state index >= 15 is 0 Å². The minimum absolute atomic E-state index is 0.000985. The lowest BCUT2D eigenvalue weighted by atomic mass is 10.2. The van der Waals surface area contributed by atoms with Gasteiger partial charge in [-0.25, -0.2) is 4.39 Å². The van der Waals surface area contributed by atoms with E-state index in [1.807, 2.05) is 0 Å². The van der Waals surface area contributed by atoms with E-state index in [9.17, 15) is 9.18 Å². The molecule has 6 nitrogen and oxygen atoms in total. The zero-order valence-electron chi connectivity index (χ0n) is 18.8. The molecule has 0 aliphatic rings. The molecule has 0 spiro atoms. The normalized spacial score (nSPS) is 11.1. The fourth-order valence-corrected chi connectivity index (χ4v) is 4.66. The molecule has 0 saturated heterocycles. The van der Waals surface area contributed by atoms with Gasteiger partial charge in [-0.3, -0.25) is 9.48 Å². The zero-order valence-corrected chi connectivity index (χ0v) is 22.5. The lowest BCUT2D eigenvalue weighted by Gasteiger charge is -2.12. The van der Waals surface area contributed by atoms with E-state index in [4.69, 9.17) is 67.2 Å². The molecule has 1 amide bonds. The summed E-state index contributed by atoms with van der Waals surface area (Å²) in [6.45, 7) is 3.65. The first kappa shape index (κ1) is 26.6. The topological polar surface area (TPSA) is 69.3 Å². The highest BCUT2D eigenvalue weighted by molar-refractivity contribution is 6.55. The number of benzene rings is 2. The van der Waals surface area contributed by atoms with Crippen molar-refractivity contribution in [2.45, 2.75) is 27.0 Å². The van der Waals surface area contributed by atoms with Gasteiger partial charge in [-0.05, 0) is 32.0 Å². The van der Waals surface area contributed by atoms with Gasteiger partial charge in [-0.2, -0.15) is 5.10 Å². The molecule has 4 rings (SSSR count). The van der Waals surface area contributed by atoms with Gasteiger partial charge in [0.2, 0.25) is 0 Å². The van der Waals surface area contributed by atoms with Crippen LogP contribution in [-0.2, 0) is 13.2 Å². The molecule has 0 unspecified atom stereocenters. The molecule has 0 aliphatic carbocycles. The number of amides is 1. The highest BCUT2D eigenvalue weighted by Gasteiger charge is 2.22. The summed E-state index contributed by atoms with van der Waals surface area (Å²) in [6.07, 6.45) is 0. The van der Waals surface area contributed by atoms with Crippen LogP contribution in [0.25, 0.3) is 0 Å². The number of aryl methyl sites for hydroxylation is 1. The fraction of sp³-hybridized carbons (Fsp3) is 0.167. The van der Waals surface area contributed by atoms with Gasteiger partial charge in [0, 0.05) is 5.56 Å². The summed E-state index contributed by atoms with van der Waals surface area (Å²) in [7, 11) is 0. The molecule has 36 heavy (non-hydrogen) atoms. The number of nitrogens with one attached hydrogen (secondary N) is 1. The molecule has 1 N–H and O–H groups in total. The van der Waals surface area contributed by atoms with Crippen LogP contribution in [0.2, 0.25) is 25.1 Å². The van der Waals surface area contributed by atoms with Gasteiger partial charge in [-0.15, -0.1) is 0 Å². The van der Waals surface area contributed by atoms with Crippen LogP contribution in [-0.4, -0.2) is 15.7 Å². The van der Waals surface area contributed by atoms with E-state index in [1.165, 1.54) is 12.1 Å². The number of halogens is 6. The fourth-order valence-electron chi connectivity index (χ4n) is 3.43. The van der Waals surface area contributed by atoms with E-state index < -0.39 is 5.91 Å². The molecule has 0 atom stereocenters. The summed E-state index contributed by atoms with van der Waals surface area (Å²) in [5.41, 5.74) is 2.24. The molecule has 4 aromatic rings. The van der Waals surface area contributed by atoms with Crippen molar-refractivity contribution in [3.63, 3.8) is 0 Å². The maximum Gasteiger partial charge on any atom is 0.291 e. The van der Waals surface area contributed by atoms with Crippen molar-refractivity contribution in [1.82, 2.24) is 9.78 Å². The van der Waals surface area contributed by atoms with Crippen LogP contribution in [0.4, 0.5) is 10.1 Å². The highest BCUT2D eigenvalue weighted by Crippen LogP contribution is 2.48. The van der Waals surface area contributed by atoms with Crippen LogP contribution in [0.15, 0.2) is 40.8 Å². The summed E-state index contributed by atoms with van der Waals surface area (Å²) < 4.78 is 26.9. The number of furan rings is 1. The third-order valence-corrected chi connectivity index (χ3v) is 7.55. The molecule has 0 bridgehead atoms. The summed E-state index contributed by atoms with van der Waals surface area (Å²) >= 11 is 30.4. The first-order chi connectivity index (χ1) is 17.1. The SMILES string of the molecule is Cc1nn(Cc2ccccc2F)c(C)c1NC(=O)c1ccc(COc2c(Cl)c(Cl)c(Cl)c(Cl)c2Cl)o1. The quantitative estimate of drug-likeness (QED) is 0.173. The number of rotatable bonds is 7. The van der Waals surface area contributed by atoms with E-state index in [-0.39, 0.29) is 55.6 Å². The van der Waals surface area contributed by atoms with Crippen molar-refractivity contribution in [2.24, 2.45) is 0 Å². The number of carbonyl (C=O) groups is 1. The molecule has 0 radical (unpaired) electrons. The Labute approximate surface area is 230 Å². The lowest BCUT2D eigenvalue weighted by molar-refractivity contribution is 0.0992. The van der Waals surface area contributed by atoms with Crippen molar-refractivity contribution in [3.05, 3.63) is 95.8 Å². The van der Waals surface area contributed by atoms with Crippen molar-refractivity contribution < 1.29 is 18.3 Å². The first-order valence-corrected chi connectivity index (χ1v) is 12.3. The van der Waals surface area contributed by atoms with Crippen LogP contribution in [0, 0.1) is 19.7 Å².